The predicted octanol–water partition coefficient (Wildman–Crippen LogP) is 12.2. The van der Waals surface area contributed by atoms with E-state index in [1.165, 1.54) is 67.3 Å². The molecule has 5 aromatic rings. The Hall–Kier alpha value is -5.22. The lowest BCUT2D eigenvalue weighted by molar-refractivity contribution is 0.866. The van der Waals surface area contributed by atoms with Crippen LogP contribution in [0.5, 0.6) is 0 Å². The van der Waals surface area contributed by atoms with Crippen molar-refractivity contribution in [1.29, 1.82) is 0 Å². The minimum absolute atomic E-state index is 0.997. The van der Waals surface area contributed by atoms with Gasteiger partial charge in [-0.1, -0.05) is 72.8 Å². The molecule has 0 saturated heterocycles. The summed E-state index contributed by atoms with van der Waals surface area (Å²) in [5.74, 6) is 0. The van der Waals surface area contributed by atoms with Crippen molar-refractivity contribution in [3.63, 3.8) is 0 Å². The zero-order chi connectivity index (χ0) is 38.5. The van der Waals surface area contributed by atoms with Gasteiger partial charge in [-0.2, -0.15) is 0 Å². The summed E-state index contributed by atoms with van der Waals surface area (Å²) in [6.07, 6.45) is 4.68. The molecule has 4 nitrogen and oxygen atoms in total. The van der Waals surface area contributed by atoms with Gasteiger partial charge in [-0.3, -0.25) is 0 Å². The molecule has 0 unspecified atom stereocenters. The summed E-state index contributed by atoms with van der Waals surface area (Å²) in [7, 11) is 0. The summed E-state index contributed by atoms with van der Waals surface area (Å²) < 4.78 is 0. The van der Waals surface area contributed by atoms with Crippen molar-refractivity contribution < 1.29 is 0 Å². The molecule has 0 aromatic heterocycles. The highest BCUT2D eigenvalue weighted by molar-refractivity contribution is 5.94. The Balaban J connectivity index is 1.54. The van der Waals surface area contributed by atoms with E-state index in [-0.39, 0.29) is 0 Å². The van der Waals surface area contributed by atoms with Crippen LogP contribution >= 0.6 is 0 Å². The molecule has 0 fully saturated rings. The quantitative estimate of drug-likeness (QED) is 0.0836. The molecule has 4 heteroatoms. The number of nitrogens with zero attached hydrogens (tertiary/aromatic N) is 4. The molecular formula is C50H62N4. The first-order valence-electron chi connectivity index (χ1n) is 20.3. The van der Waals surface area contributed by atoms with E-state index >= 15 is 0 Å². The van der Waals surface area contributed by atoms with E-state index in [1.54, 1.807) is 0 Å². The van der Waals surface area contributed by atoms with Crippen LogP contribution in [0.3, 0.4) is 0 Å². The lowest BCUT2D eigenvalue weighted by Gasteiger charge is -2.22. The molecule has 0 bridgehead atoms. The highest BCUT2D eigenvalue weighted by Crippen LogP contribution is 2.32. The molecule has 0 atom stereocenters. The molecule has 0 heterocycles. The molecular weight excluding hydrogens is 657 g/mol. The van der Waals surface area contributed by atoms with Crippen LogP contribution in [0.1, 0.15) is 88.8 Å². The maximum Gasteiger partial charge on any atom is 0.0366 e. The number of hydrogen-bond donors (Lipinski definition) is 0. The van der Waals surface area contributed by atoms with Gasteiger partial charge in [0.25, 0.3) is 0 Å². The lowest BCUT2D eigenvalue weighted by Crippen LogP contribution is -2.21. The van der Waals surface area contributed by atoms with Crippen molar-refractivity contribution in [2.75, 3.05) is 72.0 Å². The highest BCUT2D eigenvalue weighted by Gasteiger charge is 2.12. The Morgan fingerprint density at radius 3 is 0.648 bits per heavy atom. The average molecular weight is 719 g/mol. The highest BCUT2D eigenvalue weighted by atomic mass is 15.1. The Labute approximate surface area is 327 Å². The maximum absolute atomic E-state index is 2.39. The zero-order valence-electron chi connectivity index (χ0n) is 34.1. The Morgan fingerprint density at radius 1 is 0.296 bits per heavy atom. The Kier molecular flexibility index (Phi) is 14.6. The minimum atomic E-state index is 0.997. The van der Waals surface area contributed by atoms with Crippen LogP contribution in [0, 0.1) is 0 Å². The topological polar surface area (TPSA) is 13.0 Å². The summed E-state index contributed by atoms with van der Waals surface area (Å²) in [5, 5.41) is 0. The summed E-state index contributed by atoms with van der Waals surface area (Å²) in [6, 6.07) is 45.3. The monoisotopic (exact) mass is 718 g/mol. The molecule has 0 radical (unpaired) electrons. The first kappa shape index (κ1) is 40.0. The second kappa shape index (κ2) is 19.7. The van der Waals surface area contributed by atoms with Crippen molar-refractivity contribution in [1.82, 2.24) is 0 Å². The first-order valence-corrected chi connectivity index (χ1v) is 20.3. The van der Waals surface area contributed by atoms with Gasteiger partial charge in [0.2, 0.25) is 0 Å². The van der Waals surface area contributed by atoms with Crippen molar-refractivity contribution in [3.05, 3.63) is 155 Å². The first-order chi connectivity index (χ1) is 26.4. The van der Waals surface area contributed by atoms with Crippen LogP contribution in [0.4, 0.5) is 22.7 Å². The number of anilines is 4. The molecule has 5 rings (SSSR count). The van der Waals surface area contributed by atoms with Gasteiger partial charge in [-0.25, -0.2) is 0 Å². The van der Waals surface area contributed by atoms with Crippen molar-refractivity contribution in [2.24, 2.45) is 0 Å². The van der Waals surface area contributed by atoms with Gasteiger partial charge < -0.3 is 19.6 Å². The van der Waals surface area contributed by atoms with Crippen LogP contribution in [-0.4, -0.2) is 52.4 Å². The molecule has 0 saturated carbocycles. The van der Waals surface area contributed by atoms with E-state index in [9.17, 15) is 0 Å². The summed E-state index contributed by atoms with van der Waals surface area (Å²) in [4.78, 5) is 9.58. The minimum Gasteiger partial charge on any atom is -0.372 e. The van der Waals surface area contributed by atoms with E-state index in [0.29, 0.717) is 0 Å². The van der Waals surface area contributed by atoms with E-state index < -0.39 is 0 Å². The molecule has 5 aromatic carbocycles. The smallest absolute Gasteiger partial charge is 0.0366 e. The van der Waals surface area contributed by atoms with E-state index in [2.05, 4.69) is 208 Å². The van der Waals surface area contributed by atoms with Crippen molar-refractivity contribution in [2.45, 2.75) is 55.4 Å². The van der Waals surface area contributed by atoms with Gasteiger partial charge in [0.15, 0.2) is 0 Å². The van der Waals surface area contributed by atoms with Crippen LogP contribution in [0.25, 0.3) is 23.3 Å². The second-order valence-corrected chi connectivity index (χ2v) is 13.7. The maximum atomic E-state index is 2.39. The van der Waals surface area contributed by atoms with Crippen molar-refractivity contribution in [3.8, 4) is 0 Å². The molecule has 282 valence electrons. The molecule has 0 aliphatic rings. The molecule has 0 N–H and O–H groups in total. The summed E-state index contributed by atoms with van der Waals surface area (Å²) in [6.45, 7) is 25.7. The van der Waals surface area contributed by atoms with Gasteiger partial charge in [0, 0.05) is 75.1 Å². The normalized spacial score (nSPS) is 10.8. The van der Waals surface area contributed by atoms with Gasteiger partial charge >= 0.3 is 0 Å². The van der Waals surface area contributed by atoms with E-state index in [4.69, 9.17) is 0 Å². The van der Waals surface area contributed by atoms with Crippen LogP contribution in [-0.2, 0) is 0 Å². The standard InChI is InChI=1S/C50H62N4/c1-9-51(10-2)45-29-21-41(22-30-45)49(42-23-31-46(32-24-42)52(11-3)12-4)37-39-17-19-40(20-18-39)38-50(43-25-33-47(34-26-43)53(13-5)14-6)44-27-35-48(36-28-44)54(15-7)16-8/h17-38H,9-16H2,1-8H3. The van der Waals surface area contributed by atoms with E-state index in [1.807, 2.05) is 0 Å². The van der Waals surface area contributed by atoms with Crippen LogP contribution in [0.2, 0.25) is 0 Å². The molecule has 0 aliphatic carbocycles. The van der Waals surface area contributed by atoms with Gasteiger partial charge in [0.1, 0.15) is 0 Å². The largest absolute Gasteiger partial charge is 0.372 e. The van der Waals surface area contributed by atoms with Gasteiger partial charge in [-0.05, 0) is 161 Å². The third-order valence-electron chi connectivity index (χ3n) is 10.8. The molecule has 0 spiro atoms. The number of hydrogen-bond acceptors (Lipinski definition) is 4. The molecule has 0 amide bonds. The van der Waals surface area contributed by atoms with E-state index in [0.717, 1.165) is 52.4 Å². The van der Waals surface area contributed by atoms with Crippen LogP contribution in [0.15, 0.2) is 121 Å². The third-order valence-corrected chi connectivity index (χ3v) is 10.8. The Bertz CT molecular complexity index is 1640. The molecule has 54 heavy (non-hydrogen) atoms. The van der Waals surface area contributed by atoms with Crippen LogP contribution < -0.4 is 19.6 Å². The zero-order valence-corrected chi connectivity index (χ0v) is 34.1. The number of benzene rings is 5. The average Bonchev–Trinajstić information content (AvgIpc) is 3.23. The van der Waals surface area contributed by atoms with Crippen molar-refractivity contribution >= 4 is 46.0 Å². The fourth-order valence-electron chi connectivity index (χ4n) is 7.45. The predicted molar refractivity (Wildman–Crippen MR) is 240 cm³/mol. The Morgan fingerprint density at radius 2 is 0.481 bits per heavy atom. The fourth-order valence-corrected chi connectivity index (χ4v) is 7.45. The summed E-state index contributed by atoms with van der Waals surface area (Å²) >= 11 is 0. The lowest BCUT2D eigenvalue weighted by atomic mass is 9.93. The van der Waals surface area contributed by atoms with Gasteiger partial charge in [0.05, 0.1) is 0 Å². The summed E-state index contributed by atoms with van der Waals surface area (Å²) in [5.41, 5.74) is 14.7. The number of rotatable bonds is 18. The third kappa shape index (κ3) is 9.65. The fraction of sp³-hybridized carbons (Fsp3) is 0.320. The second-order valence-electron chi connectivity index (χ2n) is 13.7. The molecule has 0 aliphatic heterocycles. The van der Waals surface area contributed by atoms with Gasteiger partial charge in [-0.15, -0.1) is 0 Å². The SMILES string of the molecule is CCN(CC)c1ccc(C(=Cc2ccc(C=C(c3ccc(N(CC)CC)cc3)c3ccc(N(CC)CC)cc3)cc2)c2ccc(N(CC)CC)cc2)cc1.